The summed E-state index contributed by atoms with van der Waals surface area (Å²) in [6.45, 7) is 6.96. The van der Waals surface area contributed by atoms with Crippen LogP contribution in [0.5, 0.6) is 5.75 Å². The van der Waals surface area contributed by atoms with Crippen LogP contribution < -0.4 is 4.74 Å². The monoisotopic (exact) mass is 241 g/mol. The largest absolute Gasteiger partial charge is 0.457 e. The van der Waals surface area contributed by atoms with Crippen LogP contribution in [0.2, 0.25) is 0 Å². The minimum absolute atomic E-state index is 0.601. The van der Waals surface area contributed by atoms with Gasteiger partial charge in [0, 0.05) is 37.4 Å². The Bertz CT molecular complexity index is 483. The number of ether oxygens (including phenoxy) is 1. The number of aliphatic imine (C=N–C) groups is 1. The number of hydrogen-bond acceptors (Lipinski definition) is 4. The van der Waals surface area contributed by atoms with E-state index >= 15 is 0 Å². The predicted molar refractivity (Wildman–Crippen MR) is 73.6 cm³/mol. The topological polar surface area (TPSA) is 47.4 Å². The maximum absolute atomic E-state index is 5.54. The second-order valence-corrected chi connectivity index (χ2v) is 3.26. The SMILES string of the molecule is C=C(Oc1ccncc1)c1ccncc1.C=NC. The first-order valence-electron chi connectivity index (χ1n) is 5.30. The van der Waals surface area contributed by atoms with Crippen molar-refractivity contribution >= 4 is 12.5 Å². The minimum atomic E-state index is 0.601. The first-order valence-corrected chi connectivity index (χ1v) is 5.30. The lowest BCUT2D eigenvalue weighted by molar-refractivity contribution is 0.516. The van der Waals surface area contributed by atoms with Crippen molar-refractivity contribution in [2.24, 2.45) is 4.99 Å². The molecule has 4 nitrogen and oxygen atoms in total. The summed E-state index contributed by atoms with van der Waals surface area (Å²) in [6, 6.07) is 7.27. The van der Waals surface area contributed by atoms with Gasteiger partial charge in [0.25, 0.3) is 0 Å². The fraction of sp³-hybridized carbons (Fsp3) is 0.0714. The number of hydrogen-bond donors (Lipinski definition) is 0. The molecule has 0 unspecified atom stereocenters. The van der Waals surface area contributed by atoms with Gasteiger partial charge < -0.3 is 9.73 Å². The molecule has 0 aliphatic heterocycles. The van der Waals surface area contributed by atoms with Crippen molar-refractivity contribution in [3.05, 3.63) is 61.2 Å². The standard InChI is InChI=1S/C12H10N2O.C2H5N/c1-10(11-2-6-13-7-3-11)15-12-4-8-14-9-5-12;1-3-2/h2-9H,1H2;1H2,2H3. The molecule has 2 aromatic rings. The molecule has 0 aliphatic rings. The summed E-state index contributed by atoms with van der Waals surface area (Å²) < 4.78 is 5.54. The second-order valence-electron chi connectivity index (χ2n) is 3.26. The van der Waals surface area contributed by atoms with Crippen molar-refractivity contribution in [1.29, 1.82) is 0 Å². The molecule has 0 N–H and O–H groups in total. The summed E-state index contributed by atoms with van der Waals surface area (Å²) >= 11 is 0. The van der Waals surface area contributed by atoms with E-state index in [4.69, 9.17) is 4.74 Å². The van der Waals surface area contributed by atoms with E-state index in [1.807, 2.05) is 12.1 Å². The molecule has 18 heavy (non-hydrogen) atoms. The van der Waals surface area contributed by atoms with Crippen molar-refractivity contribution < 1.29 is 4.74 Å². The average Bonchev–Trinajstić information content (AvgIpc) is 2.42. The predicted octanol–water partition coefficient (Wildman–Crippen LogP) is 2.84. The number of aromatic nitrogens is 2. The molecule has 0 bridgehead atoms. The average molecular weight is 241 g/mol. The zero-order valence-corrected chi connectivity index (χ0v) is 10.3. The molecular formula is C14H15N3O. The van der Waals surface area contributed by atoms with Crippen LogP contribution >= 0.6 is 0 Å². The highest BCUT2D eigenvalue weighted by Crippen LogP contribution is 2.17. The third kappa shape index (κ3) is 4.57. The van der Waals surface area contributed by atoms with Crippen LogP contribution in [-0.4, -0.2) is 23.7 Å². The summed E-state index contributed by atoms with van der Waals surface area (Å²) in [6.07, 6.45) is 6.76. The van der Waals surface area contributed by atoms with Gasteiger partial charge in [-0.05, 0) is 31.0 Å². The van der Waals surface area contributed by atoms with Crippen molar-refractivity contribution in [3.63, 3.8) is 0 Å². The maximum Gasteiger partial charge on any atom is 0.130 e. The van der Waals surface area contributed by atoms with Crippen molar-refractivity contribution in [2.45, 2.75) is 0 Å². The molecular weight excluding hydrogens is 226 g/mol. The van der Waals surface area contributed by atoms with Crippen LogP contribution in [0.3, 0.4) is 0 Å². The normalized spacial score (nSPS) is 8.72. The highest BCUT2D eigenvalue weighted by Gasteiger charge is 2.00. The van der Waals surface area contributed by atoms with E-state index in [2.05, 4.69) is 28.3 Å². The maximum atomic E-state index is 5.54. The van der Waals surface area contributed by atoms with E-state index in [0.29, 0.717) is 5.76 Å². The highest BCUT2D eigenvalue weighted by atomic mass is 16.5. The first kappa shape index (κ1) is 13.6. The Hall–Kier alpha value is -2.49. The van der Waals surface area contributed by atoms with Gasteiger partial charge >= 0.3 is 0 Å². The lowest BCUT2D eigenvalue weighted by Crippen LogP contribution is -1.93. The number of rotatable bonds is 3. The van der Waals surface area contributed by atoms with Crippen molar-refractivity contribution in [2.75, 3.05) is 7.05 Å². The minimum Gasteiger partial charge on any atom is -0.457 e. The third-order valence-corrected chi connectivity index (χ3v) is 1.89. The van der Waals surface area contributed by atoms with Gasteiger partial charge in [0.15, 0.2) is 0 Å². The van der Waals surface area contributed by atoms with Crippen molar-refractivity contribution in [1.82, 2.24) is 9.97 Å². The van der Waals surface area contributed by atoms with Crippen LogP contribution in [-0.2, 0) is 0 Å². The molecule has 0 atom stereocenters. The van der Waals surface area contributed by atoms with Gasteiger partial charge in [0.2, 0.25) is 0 Å². The molecule has 4 heteroatoms. The zero-order chi connectivity index (χ0) is 13.2. The zero-order valence-electron chi connectivity index (χ0n) is 10.3. The van der Waals surface area contributed by atoms with Crippen LogP contribution in [0.4, 0.5) is 0 Å². The Morgan fingerprint density at radius 2 is 1.50 bits per heavy atom. The lowest BCUT2D eigenvalue weighted by Gasteiger charge is -2.07. The van der Waals surface area contributed by atoms with Crippen molar-refractivity contribution in [3.8, 4) is 5.75 Å². The Kier molecular flexibility index (Phi) is 5.83. The Morgan fingerprint density at radius 1 is 1.06 bits per heavy atom. The fourth-order valence-electron chi connectivity index (χ4n) is 1.15. The summed E-state index contributed by atoms with van der Waals surface area (Å²) in [5.41, 5.74) is 0.918. The Labute approximate surface area is 107 Å². The molecule has 0 saturated carbocycles. The van der Waals surface area contributed by atoms with E-state index in [-0.39, 0.29) is 0 Å². The summed E-state index contributed by atoms with van der Waals surface area (Å²) in [7, 11) is 1.64. The van der Waals surface area contributed by atoms with Gasteiger partial charge in [-0.2, -0.15) is 0 Å². The van der Waals surface area contributed by atoms with E-state index in [1.54, 1.807) is 44.0 Å². The van der Waals surface area contributed by atoms with E-state index < -0.39 is 0 Å². The van der Waals surface area contributed by atoms with Gasteiger partial charge in [0.05, 0.1) is 0 Å². The molecule has 0 aliphatic carbocycles. The second kappa shape index (κ2) is 7.73. The lowest BCUT2D eigenvalue weighted by atomic mass is 10.2. The third-order valence-electron chi connectivity index (χ3n) is 1.89. The molecule has 2 heterocycles. The number of nitrogens with zero attached hydrogens (tertiary/aromatic N) is 3. The van der Waals surface area contributed by atoms with Gasteiger partial charge in [-0.15, -0.1) is 0 Å². The Morgan fingerprint density at radius 3 is 2.00 bits per heavy atom. The van der Waals surface area contributed by atoms with Crippen LogP contribution in [0.25, 0.3) is 5.76 Å². The van der Waals surface area contributed by atoms with Gasteiger partial charge in [-0.3, -0.25) is 9.97 Å². The smallest absolute Gasteiger partial charge is 0.130 e. The summed E-state index contributed by atoms with van der Waals surface area (Å²) in [5.74, 6) is 1.33. The molecule has 0 radical (unpaired) electrons. The van der Waals surface area contributed by atoms with E-state index in [0.717, 1.165) is 11.3 Å². The van der Waals surface area contributed by atoms with Gasteiger partial charge in [-0.1, -0.05) is 6.58 Å². The highest BCUT2D eigenvalue weighted by molar-refractivity contribution is 5.58. The quantitative estimate of drug-likeness (QED) is 0.613. The van der Waals surface area contributed by atoms with Crippen LogP contribution in [0, 0.1) is 0 Å². The molecule has 2 rings (SSSR count). The molecule has 92 valence electrons. The number of pyridine rings is 2. The fourth-order valence-corrected chi connectivity index (χ4v) is 1.15. The van der Waals surface area contributed by atoms with Crippen LogP contribution in [0.15, 0.2) is 60.6 Å². The molecule has 0 saturated heterocycles. The van der Waals surface area contributed by atoms with Gasteiger partial charge in [0.1, 0.15) is 11.5 Å². The molecule has 0 amide bonds. The molecule has 0 spiro atoms. The molecule has 0 aromatic carbocycles. The van der Waals surface area contributed by atoms with E-state index in [1.165, 1.54) is 0 Å². The van der Waals surface area contributed by atoms with Gasteiger partial charge in [-0.25, -0.2) is 0 Å². The summed E-state index contributed by atoms with van der Waals surface area (Å²) in [5, 5.41) is 0. The molecule has 2 aromatic heterocycles. The van der Waals surface area contributed by atoms with Crippen LogP contribution in [0.1, 0.15) is 5.56 Å². The summed E-state index contributed by atoms with van der Waals surface area (Å²) in [4.78, 5) is 11.1. The molecule has 0 fully saturated rings. The first-order chi connectivity index (χ1) is 8.77. The Balaban J connectivity index is 0.000000492. The van der Waals surface area contributed by atoms with E-state index in [9.17, 15) is 0 Å².